The van der Waals surface area contributed by atoms with Crippen molar-refractivity contribution in [2.45, 2.75) is 38.6 Å². The van der Waals surface area contributed by atoms with Crippen LogP contribution in [-0.4, -0.2) is 47.8 Å². The van der Waals surface area contributed by atoms with Gasteiger partial charge in [0.15, 0.2) is 0 Å². The molecular weight excluding hydrogens is 454 g/mol. The molecule has 0 saturated carbocycles. The predicted molar refractivity (Wildman–Crippen MR) is 127 cm³/mol. The molecule has 0 bridgehead atoms. The minimum absolute atomic E-state index is 0.0387. The van der Waals surface area contributed by atoms with E-state index in [1.165, 1.54) is 24.8 Å². The highest BCUT2D eigenvalue weighted by molar-refractivity contribution is 9.10. The van der Waals surface area contributed by atoms with Crippen LogP contribution in [0.4, 0.5) is 5.69 Å². The molecule has 0 aliphatic carbocycles. The zero-order chi connectivity index (χ0) is 21.6. The van der Waals surface area contributed by atoms with Crippen LogP contribution in [-0.2, 0) is 11.3 Å². The fraction of sp³-hybridized carbons (Fsp3) is 0.440. The van der Waals surface area contributed by atoms with Crippen molar-refractivity contribution in [3.05, 3.63) is 64.1 Å². The van der Waals surface area contributed by atoms with Crippen LogP contribution < -0.4 is 5.32 Å². The quantitative estimate of drug-likeness (QED) is 0.655. The monoisotopic (exact) mass is 483 g/mol. The Kier molecular flexibility index (Phi) is 7.41. The molecule has 5 nitrogen and oxygen atoms in total. The highest BCUT2D eigenvalue weighted by atomic mass is 79.9. The Morgan fingerprint density at radius 2 is 1.65 bits per heavy atom. The van der Waals surface area contributed by atoms with Gasteiger partial charge in [0.05, 0.1) is 0 Å². The number of nitrogens with zero attached hydrogens (tertiary/aromatic N) is 2. The van der Waals surface area contributed by atoms with Gasteiger partial charge in [0.25, 0.3) is 5.91 Å². The van der Waals surface area contributed by atoms with Crippen molar-refractivity contribution in [3.63, 3.8) is 0 Å². The zero-order valence-corrected chi connectivity index (χ0v) is 19.4. The van der Waals surface area contributed by atoms with E-state index in [4.69, 9.17) is 0 Å². The number of carbonyl (C=O) groups excluding carboxylic acids is 2. The van der Waals surface area contributed by atoms with E-state index in [9.17, 15) is 9.59 Å². The van der Waals surface area contributed by atoms with Gasteiger partial charge >= 0.3 is 0 Å². The molecule has 2 fully saturated rings. The van der Waals surface area contributed by atoms with Gasteiger partial charge < -0.3 is 10.2 Å². The molecule has 6 heteroatoms. The zero-order valence-electron chi connectivity index (χ0n) is 17.9. The number of hydrogen-bond donors (Lipinski definition) is 1. The van der Waals surface area contributed by atoms with Crippen LogP contribution in [0.2, 0.25) is 0 Å². The number of hydrogen-bond acceptors (Lipinski definition) is 3. The minimum Gasteiger partial charge on any atom is -0.339 e. The summed E-state index contributed by atoms with van der Waals surface area (Å²) in [6.45, 7) is 4.49. The Morgan fingerprint density at radius 1 is 0.935 bits per heavy atom. The van der Waals surface area contributed by atoms with Gasteiger partial charge in [-0.2, -0.15) is 0 Å². The summed E-state index contributed by atoms with van der Waals surface area (Å²) in [7, 11) is 0. The van der Waals surface area contributed by atoms with Gasteiger partial charge in [0.2, 0.25) is 5.91 Å². The maximum atomic E-state index is 12.8. The number of benzene rings is 2. The number of nitrogens with one attached hydrogen (secondary N) is 1. The molecule has 2 amide bonds. The second kappa shape index (κ2) is 10.4. The molecule has 0 spiro atoms. The first-order valence-electron chi connectivity index (χ1n) is 11.3. The third-order valence-corrected chi connectivity index (χ3v) is 6.82. The first-order valence-corrected chi connectivity index (χ1v) is 12.0. The Bertz CT molecular complexity index is 901. The summed E-state index contributed by atoms with van der Waals surface area (Å²) in [6.07, 6.45) is 5.28. The third-order valence-electron chi connectivity index (χ3n) is 6.29. The van der Waals surface area contributed by atoms with Crippen molar-refractivity contribution < 1.29 is 9.59 Å². The van der Waals surface area contributed by atoms with Gasteiger partial charge in [0, 0.05) is 41.3 Å². The van der Waals surface area contributed by atoms with Crippen LogP contribution >= 0.6 is 15.9 Å². The lowest BCUT2D eigenvalue weighted by Crippen LogP contribution is -2.41. The lowest BCUT2D eigenvalue weighted by molar-refractivity contribution is -0.121. The van der Waals surface area contributed by atoms with Crippen molar-refractivity contribution in [1.82, 2.24) is 9.80 Å². The molecule has 0 aromatic heterocycles. The molecule has 2 heterocycles. The standard InChI is InChI=1S/C25H30BrN3O2/c26-22-9-7-21(8-10-22)25(31)29-15-11-20(12-16-29)24(30)27-23-6-4-5-19(17-23)18-28-13-2-1-3-14-28/h4-10,17,20H,1-3,11-16,18H2,(H,27,30). The van der Waals surface area contributed by atoms with Crippen molar-refractivity contribution in [1.29, 1.82) is 0 Å². The highest BCUT2D eigenvalue weighted by Crippen LogP contribution is 2.23. The van der Waals surface area contributed by atoms with Gasteiger partial charge in [-0.1, -0.05) is 34.5 Å². The predicted octanol–water partition coefficient (Wildman–Crippen LogP) is 4.93. The molecule has 0 unspecified atom stereocenters. The molecule has 164 valence electrons. The van der Waals surface area contributed by atoms with Gasteiger partial charge in [-0.15, -0.1) is 0 Å². The Labute approximate surface area is 192 Å². The van der Waals surface area contributed by atoms with E-state index in [-0.39, 0.29) is 17.7 Å². The minimum atomic E-state index is -0.0558. The summed E-state index contributed by atoms with van der Waals surface area (Å²) in [5.41, 5.74) is 2.80. The van der Waals surface area contributed by atoms with E-state index in [2.05, 4.69) is 38.3 Å². The maximum absolute atomic E-state index is 12.8. The third kappa shape index (κ3) is 5.95. The second-order valence-corrected chi connectivity index (χ2v) is 9.52. The Balaban J connectivity index is 1.28. The fourth-order valence-corrected chi connectivity index (χ4v) is 4.75. The summed E-state index contributed by atoms with van der Waals surface area (Å²) in [5, 5.41) is 3.11. The molecular formula is C25H30BrN3O2. The normalized spacial score (nSPS) is 18.0. The molecule has 2 aromatic rings. The first-order chi connectivity index (χ1) is 15.1. The molecule has 2 aliphatic heterocycles. The summed E-state index contributed by atoms with van der Waals surface area (Å²) < 4.78 is 0.958. The Morgan fingerprint density at radius 3 is 2.35 bits per heavy atom. The summed E-state index contributed by atoms with van der Waals surface area (Å²) in [5.74, 6) is 0.0438. The SMILES string of the molecule is O=C(Nc1cccc(CN2CCCCC2)c1)C1CCN(C(=O)c2ccc(Br)cc2)CC1. The topological polar surface area (TPSA) is 52.7 Å². The van der Waals surface area contributed by atoms with Gasteiger partial charge in [-0.3, -0.25) is 14.5 Å². The maximum Gasteiger partial charge on any atom is 0.253 e. The van der Waals surface area contributed by atoms with Crippen molar-refractivity contribution in [2.75, 3.05) is 31.5 Å². The average Bonchev–Trinajstić information content (AvgIpc) is 2.80. The van der Waals surface area contributed by atoms with E-state index in [1.54, 1.807) is 0 Å². The summed E-state index contributed by atoms with van der Waals surface area (Å²) in [6, 6.07) is 15.6. The summed E-state index contributed by atoms with van der Waals surface area (Å²) in [4.78, 5) is 29.9. The number of carbonyl (C=O) groups is 2. The number of anilines is 1. The van der Waals surface area contributed by atoms with Crippen molar-refractivity contribution in [2.24, 2.45) is 5.92 Å². The lowest BCUT2D eigenvalue weighted by atomic mass is 9.95. The number of halogens is 1. The molecule has 31 heavy (non-hydrogen) atoms. The van der Waals surface area contributed by atoms with E-state index >= 15 is 0 Å². The van der Waals surface area contributed by atoms with Gasteiger partial charge in [-0.25, -0.2) is 0 Å². The molecule has 2 aliphatic rings. The molecule has 0 radical (unpaired) electrons. The number of piperidine rings is 2. The number of rotatable bonds is 5. The van der Waals surface area contributed by atoms with Crippen LogP contribution in [0.15, 0.2) is 53.0 Å². The molecule has 1 N–H and O–H groups in total. The molecule has 2 saturated heterocycles. The molecule has 0 atom stereocenters. The van der Waals surface area contributed by atoms with Crippen LogP contribution in [0, 0.1) is 5.92 Å². The van der Waals surface area contributed by atoms with Gasteiger partial charge in [0.1, 0.15) is 0 Å². The summed E-state index contributed by atoms with van der Waals surface area (Å²) >= 11 is 3.40. The van der Waals surface area contributed by atoms with E-state index < -0.39 is 0 Å². The van der Waals surface area contributed by atoms with E-state index in [0.717, 1.165) is 29.8 Å². The fourth-order valence-electron chi connectivity index (χ4n) is 4.49. The lowest BCUT2D eigenvalue weighted by Gasteiger charge is -2.31. The van der Waals surface area contributed by atoms with Crippen molar-refractivity contribution >= 4 is 33.4 Å². The molecule has 2 aromatic carbocycles. The average molecular weight is 484 g/mol. The van der Waals surface area contributed by atoms with E-state index in [0.29, 0.717) is 31.5 Å². The Hall–Kier alpha value is -2.18. The van der Waals surface area contributed by atoms with E-state index in [1.807, 2.05) is 41.3 Å². The van der Waals surface area contributed by atoms with Crippen LogP contribution in [0.1, 0.15) is 48.0 Å². The number of likely N-dealkylation sites (tertiary alicyclic amines) is 2. The highest BCUT2D eigenvalue weighted by Gasteiger charge is 2.28. The second-order valence-electron chi connectivity index (χ2n) is 8.60. The molecule has 4 rings (SSSR count). The van der Waals surface area contributed by atoms with Gasteiger partial charge in [-0.05, 0) is 80.7 Å². The van der Waals surface area contributed by atoms with Crippen LogP contribution in [0.5, 0.6) is 0 Å². The van der Waals surface area contributed by atoms with Crippen LogP contribution in [0.3, 0.4) is 0 Å². The van der Waals surface area contributed by atoms with Crippen molar-refractivity contribution in [3.8, 4) is 0 Å². The smallest absolute Gasteiger partial charge is 0.253 e. The number of amides is 2. The largest absolute Gasteiger partial charge is 0.339 e. The van der Waals surface area contributed by atoms with Crippen LogP contribution in [0.25, 0.3) is 0 Å². The first kappa shape index (κ1) is 22.0.